The molecule has 142 valence electrons. The molecule has 1 atom stereocenters. The fourth-order valence-corrected chi connectivity index (χ4v) is 2.95. The van der Waals surface area contributed by atoms with Gasteiger partial charge in [-0.25, -0.2) is 0 Å². The monoisotopic (exact) mass is 376 g/mol. The van der Waals surface area contributed by atoms with Crippen LogP contribution in [0.25, 0.3) is 0 Å². The number of nitrogens with zero attached hydrogens (tertiary/aromatic N) is 1. The number of aryl methyl sites for hydroxylation is 1. The predicted octanol–water partition coefficient (Wildman–Crippen LogP) is 4.43. The van der Waals surface area contributed by atoms with Gasteiger partial charge in [0.15, 0.2) is 5.75 Å². The Morgan fingerprint density at radius 1 is 1.00 bits per heavy atom. The number of ether oxygens (including phenoxy) is 1. The highest BCUT2D eigenvalue weighted by Gasteiger charge is 2.21. The van der Waals surface area contributed by atoms with Crippen molar-refractivity contribution in [1.82, 2.24) is 5.32 Å². The highest BCUT2D eigenvalue weighted by molar-refractivity contribution is 5.95. The molecular weight excluding hydrogens is 356 g/mol. The van der Waals surface area contributed by atoms with Gasteiger partial charge in [-0.2, -0.15) is 0 Å². The Kier molecular flexibility index (Phi) is 5.69. The second kappa shape index (κ2) is 8.35. The number of nitrogens with one attached hydrogen (secondary N) is 1. The molecule has 3 aromatic carbocycles. The summed E-state index contributed by atoms with van der Waals surface area (Å²) in [5.41, 5.74) is 2.91. The van der Waals surface area contributed by atoms with Crippen molar-refractivity contribution in [3.63, 3.8) is 0 Å². The quantitative estimate of drug-likeness (QED) is 0.510. The van der Waals surface area contributed by atoms with E-state index in [4.69, 9.17) is 4.74 Å². The maximum absolute atomic E-state index is 12.9. The summed E-state index contributed by atoms with van der Waals surface area (Å²) in [5, 5.41) is 14.2. The van der Waals surface area contributed by atoms with Gasteiger partial charge < -0.3 is 10.1 Å². The summed E-state index contributed by atoms with van der Waals surface area (Å²) in [6.07, 6.45) is 0. The largest absolute Gasteiger partial charge is 0.490 e. The van der Waals surface area contributed by atoms with Crippen molar-refractivity contribution < 1.29 is 14.5 Å². The van der Waals surface area contributed by atoms with Crippen LogP contribution in [-0.2, 0) is 0 Å². The Hall–Kier alpha value is -3.67. The molecule has 1 N–H and O–H groups in total. The predicted molar refractivity (Wildman–Crippen MR) is 107 cm³/mol. The lowest BCUT2D eigenvalue weighted by molar-refractivity contribution is -0.385. The zero-order valence-electron chi connectivity index (χ0n) is 15.6. The zero-order chi connectivity index (χ0) is 20.1. The number of carbonyl (C=O) groups excluding carboxylic acids is 1. The standard InChI is InChI=1S/C22H20N2O4/c1-15-8-10-17(11-9-15)21(16-6-4-3-5-7-16)23-22(25)18-12-13-20(28-2)19(14-18)24(26)27/h3-14,21H,1-2H3,(H,23,25)/t21-/m1/s1. The smallest absolute Gasteiger partial charge is 0.311 e. The molecule has 6 heteroatoms. The molecule has 0 spiro atoms. The minimum atomic E-state index is -0.565. The molecule has 1 amide bonds. The van der Waals surface area contributed by atoms with Crippen molar-refractivity contribution in [3.8, 4) is 5.75 Å². The molecule has 6 nitrogen and oxygen atoms in total. The average Bonchev–Trinajstić information content (AvgIpc) is 2.72. The van der Waals surface area contributed by atoms with Crippen LogP contribution in [0.5, 0.6) is 5.75 Å². The lowest BCUT2D eigenvalue weighted by Gasteiger charge is -2.20. The molecule has 0 aliphatic rings. The fraction of sp³-hybridized carbons (Fsp3) is 0.136. The van der Waals surface area contributed by atoms with Gasteiger partial charge in [-0.05, 0) is 30.2 Å². The van der Waals surface area contributed by atoms with Gasteiger partial charge in [0, 0.05) is 11.6 Å². The van der Waals surface area contributed by atoms with Crippen LogP contribution in [0, 0.1) is 17.0 Å². The lowest BCUT2D eigenvalue weighted by Crippen LogP contribution is -2.29. The number of nitro groups is 1. The SMILES string of the molecule is COc1ccc(C(=O)N[C@H](c2ccccc2)c2ccc(C)cc2)cc1[N+](=O)[O-]. The van der Waals surface area contributed by atoms with Gasteiger partial charge in [-0.1, -0.05) is 60.2 Å². The van der Waals surface area contributed by atoms with Gasteiger partial charge in [-0.15, -0.1) is 0 Å². The van der Waals surface area contributed by atoms with Gasteiger partial charge in [0.05, 0.1) is 18.1 Å². The fourth-order valence-electron chi connectivity index (χ4n) is 2.95. The number of nitro benzene ring substituents is 1. The maximum atomic E-state index is 12.9. The van der Waals surface area contributed by atoms with E-state index in [0.29, 0.717) is 0 Å². The molecule has 0 saturated carbocycles. The zero-order valence-corrected chi connectivity index (χ0v) is 15.6. The third kappa shape index (κ3) is 4.17. The van der Waals surface area contributed by atoms with Crippen LogP contribution in [-0.4, -0.2) is 17.9 Å². The normalized spacial score (nSPS) is 11.5. The molecule has 0 saturated heterocycles. The van der Waals surface area contributed by atoms with E-state index in [1.807, 2.05) is 61.5 Å². The Bertz CT molecular complexity index is 985. The first-order valence-electron chi connectivity index (χ1n) is 8.74. The summed E-state index contributed by atoms with van der Waals surface area (Å²) in [6.45, 7) is 2.00. The van der Waals surface area contributed by atoms with E-state index < -0.39 is 10.8 Å². The molecule has 3 aromatic rings. The number of benzene rings is 3. The molecule has 0 radical (unpaired) electrons. The van der Waals surface area contributed by atoms with E-state index in [1.165, 1.54) is 25.3 Å². The molecule has 0 bridgehead atoms. The minimum Gasteiger partial charge on any atom is -0.490 e. The molecule has 0 aliphatic heterocycles. The van der Waals surface area contributed by atoms with Crippen LogP contribution in [0.1, 0.15) is 33.1 Å². The van der Waals surface area contributed by atoms with E-state index in [2.05, 4.69) is 5.32 Å². The number of methoxy groups -OCH3 is 1. The second-order valence-corrected chi connectivity index (χ2v) is 6.37. The number of amides is 1. The third-order valence-corrected chi connectivity index (χ3v) is 4.46. The van der Waals surface area contributed by atoms with Crippen molar-refractivity contribution in [2.75, 3.05) is 7.11 Å². The first-order valence-corrected chi connectivity index (χ1v) is 8.74. The van der Waals surface area contributed by atoms with Crippen molar-refractivity contribution in [3.05, 3.63) is 105 Å². The molecule has 0 aliphatic carbocycles. The molecular formula is C22H20N2O4. The first kappa shape index (κ1) is 19.1. The number of hydrogen-bond donors (Lipinski definition) is 1. The van der Waals surface area contributed by atoms with Gasteiger partial charge in [0.2, 0.25) is 0 Å². The number of hydrogen-bond acceptors (Lipinski definition) is 4. The van der Waals surface area contributed by atoms with Crippen LogP contribution in [0.4, 0.5) is 5.69 Å². The maximum Gasteiger partial charge on any atom is 0.311 e. The van der Waals surface area contributed by atoms with Crippen LogP contribution < -0.4 is 10.1 Å². The van der Waals surface area contributed by atoms with Crippen molar-refractivity contribution in [2.24, 2.45) is 0 Å². The lowest BCUT2D eigenvalue weighted by atomic mass is 9.97. The molecule has 28 heavy (non-hydrogen) atoms. The van der Waals surface area contributed by atoms with Gasteiger partial charge >= 0.3 is 5.69 Å². The molecule has 3 rings (SSSR count). The summed E-state index contributed by atoms with van der Waals surface area (Å²) in [4.78, 5) is 23.5. The second-order valence-electron chi connectivity index (χ2n) is 6.37. The average molecular weight is 376 g/mol. The molecule has 0 aromatic heterocycles. The molecule has 0 unspecified atom stereocenters. The Balaban J connectivity index is 1.95. The Morgan fingerprint density at radius 2 is 1.64 bits per heavy atom. The topological polar surface area (TPSA) is 81.5 Å². The highest BCUT2D eigenvalue weighted by atomic mass is 16.6. The summed E-state index contributed by atoms with van der Waals surface area (Å²) in [6, 6.07) is 21.3. The number of rotatable bonds is 6. The van der Waals surface area contributed by atoms with Crippen molar-refractivity contribution in [2.45, 2.75) is 13.0 Å². The van der Waals surface area contributed by atoms with Crippen molar-refractivity contribution in [1.29, 1.82) is 0 Å². The van der Waals surface area contributed by atoms with E-state index in [9.17, 15) is 14.9 Å². The van der Waals surface area contributed by atoms with E-state index in [-0.39, 0.29) is 23.0 Å². The molecule has 0 heterocycles. The Labute approximate surface area is 162 Å². The van der Waals surface area contributed by atoms with Crippen LogP contribution >= 0.6 is 0 Å². The summed E-state index contributed by atoms with van der Waals surface area (Å²) >= 11 is 0. The third-order valence-electron chi connectivity index (χ3n) is 4.46. The van der Waals surface area contributed by atoms with Crippen LogP contribution in [0.2, 0.25) is 0 Å². The van der Waals surface area contributed by atoms with Gasteiger partial charge in [0.25, 0.3) is 5.91 Å². The first-order chi connectivity index (χ1) is 13.5. The number of carbonyl (C=O) groups is 1. The molecule has 0 fully saturated rings. The van der Waals surface area contributed by atoms with Gasteiger partial charge in [-0.3, -0.25) is 14.9 Å². The Morgan fingerprint density at radius 3 is 2.25 bits per heavy atom. The van der Waals surface area contributed by atoms with E-state index in [0.717, 1.165) is 16.7 Å². The van der Waals surface area contributed by atoms with Crippen molar-refractivity contribution >= 4 is 11.6 Å². The van der Waals surface area contributed by atoms with E-state index >= 15 is 0 Å². The minimum absolute atomic E-state index is 0.111. The van der Waals surface area contributed by atoms with Gasteiger partial charge in [0.1, 0.15) is 0 Å². The van der Waals surface area contributed by atoms with E-state index in [1.54, 1.807) is 0 Å². The summed E-state index contributed by atoms with van der Waals surface area (Å²) in [7, 11) is 1.35. The van der Waals surface area contributed by atoms with Crippen LogP contribution in [0.15, 0.2) is 72.8 Å². The van der Waals surface area contributed by atoms with Crippen LogP contribution in [0.3, 0.4) is 0 Å². The summed E-state index contributed by atoms with van der Waals surface area (Å²) in [5.74, 6) is -0.292. The highest BCUT2D eigenvalue weighted by Crippen LogP contribution is 2.28. The summed E-state index contributed by atoms with van der Waals surface area (Å²) < 4.78 is 5.00.